The Bertz CT molecular complexity index is 689. The van der Waals surface area contributed by atoms with Gasteiger partial charge in [0, 0.05) is 30.1 Å². The Morgan fingerprint density at radius 1 is 1.33 bits per heavy atom. The Labute approximate surface area is 129 Å². The van der Waals surface area contributed by atoms with E-state index in [-0.39, 0.29) is 11.8 Å². The number of nitrogens with zero attached hydrogens (tertiary/aromatic N) is 1. The molecule has 1 N–H and O–H groups in total. The van der Waals surface area contributed by atoms with Crippen molar-refractivity contribution in [2.45, 2.75) is 27.2 Å². The Kier molecular flexibility index (Phi) is 4.68. The summed E-state index contributed by atoms with van der Waals surface area (Å²) in [5.41, 5.74) is 1.17. The molecule has 2 aromatic rings. The van der Waals surface area contributed by atoms with Crippen molar-refractivity contribution in [3.05, 3.63) is 35.0 Å². The lowest BCUT2D eigenvalue weighted by Crippen LogP contribution is -2.25. The molecule has 0 aliphatic rings. The first kappa shape index (κ1) is 15.6. The summed E-state index contributed by atoms with van der Waals surface area (Å²) in [6.45, 7) is 6.29. The van der Waals surface area contributed by atoms with E-state index in [2.05, 4.69) is 19.2 Å². The van der Waals surface area contributed by atoms with Crippen LogP contribution in [0.1, 0.15) is 42.3 Å². The normalized spacial score (nSPS) is 11.1. The maximum atomic E-state index is 12.3. The maximum Gasteiger partial charge on any atom is 0.253 e. The van der Waals surface area contributed by atoms with Gasteiger partial charge in [-0.3, -0.25) is 14.2 Å². The molecule has 0 fully saturated rings. The fourth-order valence-corrected chi connectivity index (χ4v) is 2.39. The summed E-state index contributed by atoms with van der Waals surface area (Å²) in [5, 5.41) is 4.12. The van der Waals surface area contributed by atoms with E-state index in [9.17, 15) is 9.59 Å². The molecule has 0 saturated heterocycles. The molecule has 5 heteroatoms. The summed E-state index contributed by atoms with van der Waals surface area (Å²) in [7, 11) is 0. The third-order valence-corrected chi connectivity index (χ3v) is 3.59. The zero-order valence-electron chi connectivity index (χ0n) is 12.4. The van der Waals surface area contributed by atoms with Gasteiger partial charge in [-0.2, -0.15) is 0 Å². The Balaban J connectivity index is 2.36. The smallest absolute Gasteiger partial charge is 0.253 e. The number of halogens is 1. The highest BCUT2D eigenvalue weighted by molar-refractivity contribution is 6.31. The Hall–Kier alpha value is -1.81. The van der Waals surface area contributed by atoms with Crippen molar-refractivity contribution in [3.8, 4) is 0 Å². The van der Waals surface area contributed by atoms with Gasteiger partial charge >= 0.3 is 0 Å². The topological polar surface area (TPSA) is 51.1 Å². The van der Waals surface area contributed by atoms with Crippen molar-refractivity contribution in [1.82, 2.24) is 9.88 Å². The van der Waals surface area contributed by atoms with Crippen LogP contribution in [0.2, 0.25) is 5.02 Å². The minimum Gasteiger partial charge on any atom is -0.352 e. The van der Waals surface area contributed by atoms with Crippen LogP contribution >= 0.6 is 11.6 Å². The second-order valence-electron chi connectivity index (χ2n) is 5.53. The van der Waals surface area contributed by atoms with Gasteiger partial charge in [0.2, 0.25) is 5.91 Å². The van der Waals surface area contributed by atoms with Gasteiger partial charge in [-0.05, 0) is 30.5 Å². The molecule has 4 nitrogen and oxygen atoms in total. The minimum atomic E-state index is -0.178. The second kappa shape index (κ2) is 6.31. The average Bonchev–Trinajstić information content (AvgIpc) is 2.76. The van der Waals surface area contributed by atoms with Crippen molar-refractivity contribution in [1.29, 1.82) is 0 Å². The summed E-state index contributed by atoms with van der Waals surface area (Å²) in [6, 6.07) is 5.18. The molecule has 1 heterocycles. The zero-order valence-corrected chi connectivity index (χ0v) is 13.2. The van der Waals surface area contributed by atoms with Gasteiger partial charge in [0.25, 0.3) is 5.91 Å². The summed E-state index contributed by atoms with van der Waals surface area (Å²) in [6.07, 6.45) is 2.49. The lowest BCUT2D eigenvalue weighted by atomic mass is 10.1. The number of benzene rings is 1. The standard InChI is InChI=1S/C16H19ClN2O2/c1-10(2)6-7-18-16(21)14-9-19(11(3)20)15-5-4-12(17)8-13(14)15/h4-5,8-10H,6-7H2,1-3H3,(H,18,21). The van der Waals surface area contributed by atoms with Gasteiger partial charge in [-0.25, -0.2) is 0 Å². The fourth-order valence-electron chi connectivity index (χ4n) is 2.21. The molecule has 21 heavy (non-hydrogen) atoms. The van der Waals surface area contributed by atoms with Crippen LogP contribution in [-0.2, 0) is 0 Å². The van der Waals surface area contributed by atoms with Crippen LogP contribution in [0.4, 0.5) is 0 Å². The molecule has 0 unspecified atom stereocenters. The van der Waals surface area contributed by atoms with Gasteiger partial charge in [0.1, 0.15) is 0 Å². The molecule has 0 spiro atoms. The van der Waals surface area contributed by atoms with Gasteiger partial charge in [-0.15, -0.1) is 0 Å². The molecule has 1 aromatic heterocycles. The molecule has 0 aliphatic heterocycles. The predicted molar refractivity (Wildman–Crippen MR) is 85.0 cm³/mol. The summed E-state index contributed by atoms with van der Waals surface area (Å²) >= 11 is 6.00. The molecule has 0 bridgehead atoms. The van der Waals surface area contributed by atoms with Gasteiger partial charge in [0.05, 0.1) is 11.1 Å². The molecule has 0 aliphatic carbocycles. The van der Waals surface area contributed by atoms with Gasteiger partial charge < -0.3 is 5.32 Å². The van der Waals surface area contributed by atoms with Crippen LogP contribution in [0.15, 0.2) is 24.4 Å². The van der Waals surface area contributed by atoms with Gasteiger partial charge in [0.15, 0.2) is 0 Å². The van der Waals surface area contributed by atoms with E-state index in [1.807, 2.05) is 0 Å². The monoisotopic (exact) mass is 306 g/mol. The summed E-state index contributed by atoms with van der Waals surface area (Å²) in [4.78, 5) is 24.0. The molecule has 0 saturated carbocycles. The largest absolute Gasteiger partial charge is 0.352 e. The molecule has 2 rings (SSSR count). The Morgan fingerprint density at radius 2 is 2.05 bits per heavy atom. The molecule has 0 atom stereocenters. The van der Waals surface area contributed by atoms with E-state index < -0.39 is 0 Å². The summed E-state index contributed by atoms with van der Waals surface area (Å²) in [5.74, 6) is 0.213. The number of amides is 1. The van der Waals surface area contributed by atoms with E-state index in [4.69, 9.17) is 11.6 Å². The molecule has 0 radical (unpaired) electrons. The number of hydrogen-bond acceptors (Lipinski definition) is 2. The van der Waals surface area contributed by atoms with Crippen LogP contribution in [0.3, 0.4) is 0 Å². The molecule has 112 valence electrons. The molecular weight excluding hydrogens is 288 g/mol. The highest BCUT2D eigenvalue weighted by atomic mass is 35.5. The van der Waals surface area contributed by atoms with E-state index in [0.717, 1.165) is 6.42 Å². The molecule has 1 amide bonds. The van der Waals surface area contributed by atoms with Crippen LogP contribution in [0, 0.1) is 5.92 Å². The fraction of sp³-hybridized carbons (Fsp3) is 0.375. The lowest BCUT2D eigenvalue weighted by molar-refractivity contribution is 0.0941. The van der Waals surface area contributed by atoms with Crippen molar-refractivity contribution in [2.24, 2.45) is 5.92 Å². The van der Waals surface area contributed by atoms with Crippen LogP contribution in [0.5, 0.6) is 0 Å². The van der Waals surface area contributed by atoms with Gasteiger partial charge in [-0.1, -0.05) is 25.4 Å². The first-order valence-corrected chi connectivity index (χ1v) is 7.37. The van der Waals surface area contributed by atoms with Crippen LogP contribution < -0.4 is 5.32 Å². The third kappa shape index (κ3) is 3.45. The van der Waals surface area contributed by atoms with Crippen molar-refractivity contribution in [2.75, 3.05) is 6.54 Å². The lowest BCUT2D eigenvalue weighted by Gasteiger charge is -2.06. The summed E-state index contributed by atoms with van der Waals surface area (Å²) < 4.78 is 1.48. The number of nitrogens with one attached hydrogen (secondary N) is 1. The van der Waals surface area contributed by atoms with Crippen molar-refractivity contribution >= 4 is 34.3 Å². The maximum absolute atomic E-state index is 12.3. The first-order chi connectivity index (χ1) is 9.90. The third-order valence-electron chi connectivity index (χ3n) is 3.36. The van der Waals surface area contributed by atoms with E-state index in [1.165, 1.54) is 11.5 Å². The quantitative estimate of drug-likeness (QED) is 0.935. The van der Waals surface area contributed by atoms with Crippen molar-refractivity contribution in [3.63, 3.8) is 0 Å². The highest BCUT2D eigenvalue weighted by Gasteiger charge is 2.16. The average molecular weight is 307 g/mol. The van der Waals surface area contributed by atoms with E-state index >= 15 is 0 Å². The van der Waals surface area contributed by atoms with E-state index in [0.29, 0.717) is 34.0 Å². The minimum absolute atomic E-state index is 0.136. The SMILES string of the molecule is CC(=O)n1cc(C(=O)NCCC(C)C)c2cc(Cl)ccc21. The molecule has 1 aromatic carbocycles. The van der Waals surface area contributed by atoms with E-state index in [1.54, 1.807) is 24.4 Å². The first-order valence-electron chi connectivity index (χ1n) is 7.00. The zero-order chi connectivity index (χ0) is 15.6. The van der Waals surface area contributed by atoms with Crippen molar-refractivity contribution < 1.29 is 9.59 Å². The number of rotatable bonds is 4. The number of fused-ring (bicyclic) bond motifs is 1. The van der Waals surface area contributed by atoms with Crippen LogP contribution in [0.25, 0.3) is 10.9 Å². The number of hydrogen-bond donors (Lipinski definition) is 1. The predicted octanol–water partition coefficient (Wildman–Crippen LogP) is 3.73. The number of carbonyl (C=O) groups is 2. The van der Waals surface area contributed by atoms with Crippen LogP contribution in [-0.4, -0.2) is 22.9 Å². The number of aromatic nitrogens is 1. The second-order valence-corrected chi connectivity index (χ2v) is 5.97. The highest BCUT2D eigenvalue weighted by Crippen LogP contribution is 2.25. The molecular formula is C16H19ClN2O2. The Morgan fingerprint density at radius 3 is 2.67 bits per heavy atom. The number of carbonyl (C=O) groups excluding carboxylic acids is 2.